The second-order valence-corrected chi connectivity index (χ2v) is 5.97. The first-order valence-electron chi connectivity index (χ1n) is 7.78. The molecule has 0 bridgehead atoms. The minimum Gasteiger partial charge on any atom is -0.496 e. The highest BCUT2D eigenvalue weighted by molar-refractivity contribution is 9.10. The van der Waals surface area contributed by atoms with Gasteiger partial charge in [-0.3, -0.25) is 9.59 Å². The van der Waals surface area contributed by atoms with E-state index in [1.165, 1.54) is 27.0 Å². The molecule has 9 heteroatoms. The summed E-state index contributed by atoms with van der Waals surface area (Å²) in [5.41, 5.74) is -2.13. The van der Waals surface area contributed by atoms with Crippen molar-refractivity contribution in [1.82, 2.24) is 5.32 Å². The highest BCUT2D eigenvalue weighted by Gasteiger charge is 2.51. The van der Waals surface area contributed by atoms with Crippen LogP contribution < -0.4 is 10.1 Å². The summed E-state index contributed by atoms with van der Waals surface area (Å²) >= 11 is 3.26. The van der Waals surface area contributed by atoms with E-state index in [1.807, 2.05) is 0 Å². The lowest BCUT2D eigenvalue weighted by molar-refractivity contribution is -0.167. The van der Waals surface area contributed by atoms with Gasteiger partial charge in [0.25, 0.3) is 0 Å². The van der Waals surface area contributed by atoms with Gasteiger partial charge in [0.05, 0.1) is 32.3 Å². The fourth-order valence-corrected chi connectivity index (χ4v) is 2.58. The van der Waals surface area contributed by atoms with Crippen LogP contribution in [-0.2, 0) is 23.9 Å². The van der Waals surface area contributed by atoms with Crippen LogP contribution in [0.4, 0.5) is 0 Å². The standard InChI is InChI=1S/C17H20BrNO7/c1-4-25-15(22)17(19-10-20,16(23)26-5-2)9-13(21)12-7-6-11(18)8-14(12)24-3/h6-8,10H,4-5,9H2,1-3H3,(H,19,20). The highest BCUT2D eigenvalue weighted by Crippen LogP contribution is 2.27. The molecule has 0 unspecified atom stereocenters. The monoisotopic (exact) mass is 429 g/mol. The van der Waals surface area contributed by atoms with Crippen LogP contribution >= 0.6 is 15.9 Å². The Morgan fingerprint density at radius 1 is 1.15 bits per heavy atom. The molecule has 0 aromatic heterocycles. The van der Waals surface area contributed by atoms with Crippen molar-refractivity contribution in [2.75, 3.05) is 20.3 Å². The summed E-state index contributed by atoms with van der Waals surface area (Å²) in [4.78, 5) is 48.7. The van der Waals surface area contributed by atoms with Crippen LogP contribution in [0.2, 0.25) is 0 Å². The molecule has 0 fully saturated rings. The predicted octanol–water partition coefficient (Wildman–Crippen LogP) is 1.64. The van der Waals surface area contributed by atoms with E-state index in [1.54, 1.807) is 12.1 Å². The summed E-state index contributed by atoms with van der Waals surface area (Å²) in [6.45, 7) is 2.98. The lowest BCUT2D eigenvalue weighted by atomic mass is 9.90. The van der Waals surface area contributed by atoms with Crippen molar-refractivity contribution in [2.24, 2.45) is 0 Å². The van der Waals surface area contributed by atoms with E-state index in [9.17, 15) is 19.2 Å². The maximum Gasteiger partial charge on any atom is 0.344 e. The molecule has 8 nitrogen and oxygen atoms in total. The Kier molecular flexibility index (Phi) is 8.24. The van der Waals surface area contributed by atoms with Crippen LogP contribution in [-0.4, -0.2) is 50.0 Å². The number of carbonyl (C=O) groups is 4. The van der Waals surface area contributed by atoms with Crippen molar-refractivity contribution in [3.05, 3.63) is 28.2 Å². The number of nitrogens with one attached hydrogen (secondary N) is 1. The normalized spacial score (nSPS) is 10.6. The molecule has 1 amide bonds. The fourth-order valence-electron chi connectivity index (χ4n) is 2.24. The minimum atomic E-state index is -2.27. The van der Waals surface area contributed by atoms with Gasteiger partial charge in [0, 0.05) is 4.47 Å². The molecule has 1 rings (SSSR count). The molecule has 0 saturated carbocycles. The number of amides is 1. The zero-order chi connectivity index (χ0) is 19.7. The van der Waals surface area contributed by atoms with E-state index in [-0.39, 0.29) is 30.9 Å². The van der Waals surface area contributed by atoms with E-state index in [0.29, 0.717) is 4.47 Å². The van der Waals surface area contributed by atoms with Crippen LogP contribution in [0.15, 0.2) is 22.7 Å². The predicted molar refractivity (Wildman–Crippen MR) is 94.8 cm³/mol. The van der Waals surface area contributed by atoms with E-state index < -0.39 is 29.7 Å². The van der Waals surface area contributed by atoms with Gasteiger partial charge in [-0.15, -0.1) is 0 Å². The van der Waals surface area contributed by atoms with Crippen molar-refractivity contribution >= 4 is 40.1 Å². The molecule has 0 aliphatic carbocycles. The van der Waals surface area contributed by atoms with Crippen molar-refractivity contribution < 1.29 is 33.4 Å². The second kappa shape index (κ2) is 9.91. The zero-order valence-electron chi connectivity index (χ0n) is 14.7. The third-order valence-corrected chi connectivity index (χ3v) is 3.94. The van der Waals surface area contributed by atoms with E-state index in [0.717, 1.165) is 0 Å². The number of hydrogen-bond donors (Lipinski definition) is 1. The largest absolute Gasteiger partial charge is 0.496 e. The van der Waals surface area contributed by atoms with E-state index in [4.69, 9.17) is 14.2 Å². The Labute approximate surface area is 159 Å². The summed E-state index contributed by atoms with van der Waals surface area (Å²) in [5.74, 6) is -2.51. The van der Waals surface area contributed by atoms with Gasteiger partial charge >= 0.3 is 11.9 Å². The van der Waals surface area contributed by atoms with Gasteiger partial charge in [0.2, 0.25) is 11.9 Å². The molecule has 0 saturated heterocycles. The molecule has 142 valence electrons. The maximum absolute atomic E-state index is 12.8. The third-order valence-electron chi connectivity index (χ3n) is 3.44. The van der Waals surface area contributed by atoms with Crippen molar-refractivity contribution in [3.8, 4) is 5.75 Å². The van der Waals surface area contributed by atoms with Crippen molar-refractivity contribution in [2.45, 2.75) is 25.8 Å². The lowest BCUT2D eigenvalue weighted by Crippen LogP contribution is -2.60. The molecule has 0 radical (unpaired) electrons. The number of carbonyl (C=O) groups excluding carboxylic acids is 4. The highest BCUT2D eigenvalue weighted by atomic mass is 79.9. The Morgan fingerprint density at radius 2 is 1.73 bits per heavy atom. The van der Waals surface area contributed by atoms with Gasteiger partial charge in [-0.25, -0.2) is 9.59 Å². The Morgan fingerprint density at radius 3 is 2.19 bits per heavy atom. The molecular formula is C17H20BrNO7. The van der Waals surface area contributed by atoms with Crippen LogP contribution in [0.25, 0.3) is 0 Å². The van der Waals surface area contributed by atoms with Gasteiger partial charge in [0.15, 0.2) is 5.78 Å². The number of halogens is 1. The quantitative estimate of drug-likeness (QED) is 0.260. The molecule has 1 N–H and O–H groups in total. The number of rotatable bonds is 10. The molecule has 0 atom stereocenters. The Balaban J connectivity index is 3.34. The summed E-state index contributed by atoms with van der Waals surface area (Å²) in [5, 5.41) is 2.11. The van der Waals surface area contributed by atoms with Gasteiger partial charge < -0.3 is 19.5 Å². The maximum atomic E-state index is 12.8. The number of benzene rings is 1. The van der Waals surface area contributed by atoms with E-state index in [2.05, 4.69) is 21.2 Å². The minimum absolute atomic E-state index is 0.0453. The topological polar surface area (TPSA) is 108 Å². The molecule has 1 aromatic rings. The average Bonchev–Trinajstić information content (AvgIpc) is 2.61. The average molecular weight is 430 g/mol. The van der Waals surface area contributed by atoms with Gasteiger partial charge in [0.1, 0.15) is 5.75 Å². The number of hydrogen-bond acceptors (Lipinski definition) is 7. The number of Topliss-reactive ketones (excluding diaryl/α,β-unsaturated/α-hetero) is 1. The molecule has 0 aliphatic heterocycles. The third kappa shape index (κ3) is 4.81. The number of ether oxygens (including phenoxy) is 3. The van der Waals surface area contributed by atoms with E-state index >= 15 is 0 Å². The molecule has 1 aromatic carbocycles. The van der Waals surface area contributed by atoms with Crippen molar-refractivity contribution in [1.29, 1.82) is 0 Å². The molecule has 0 heterocycles. The van der Waals surface area contributed by atoms with Gasteiger partial charge in [-0.2, -0.15) is 0 Å². The SMILES string of the molecule is CCOC(=O)C(CC(=O)c1ccc(Br)cc1OC)(NC=O)C(=O)OCC. The molecule has 0 spiro atoms. The second-order valence-electron chi connectivity index (χ2n) is 5.05. The molecule has 0 aliphatic rings. The first-order chi connectivity index (χ1) is 12.4. The summed E-state index contributed by atoms with van der Waals surface area (Å²) in [7, 11) is 1.38. The summed E-state index contributed by atoms with van der Waals surface area (Å²) < 4.78 is 15.6. The van der Waals surface area contributed by atoms with Crippen molar-refractivity contribution in [3.63, 3.8) is 0 Å². The summed E-state index contributed by atoms with van der Waals surface area (Å²) in [6.07, 6.45) is -0.526. The first-order valence-corrected chi connectivity index (χ1v) is 8.58. The van der Waals surface area contributed by atoms with Crippen LogP contribution in [0.1, 0.15) is 30.6 Å². The summed E-state index contributed by atoms with van der Waals surface area (Å²) in [6, 6.07) is 4.66. The fraction of sp³-hybridized carbons (Fsp3) is 0.412. The van der Waals surface area contributed by atoms with Gasteiger partial charge in [-0.1, -0.05) is 15.9 Å². The Hall–Kier alpha value is -2.42. The first kappa shape index (κ1) is 21.6. The lowest BCUT2D eigenvalue weighted by Gasteiger charge is -2.28. The zero-order valence-corrected chi connectivity index (χ0v) is 16.3. The van der Waals surface area contributed by atoms with Gasteiger partial charge in [-0.05, 0) is 32.0 Å². The smallest absolute Gasteiger partial charge is 0.344 e. The molecule has 26 heavy (non-hydrogen) atoms. The molecular weight excluding hydrogens is 410 g/mol. The van der Waals surface area contributed by atoms with Crippen LogP contribution in [0.5, 0.6) is 5.75 Å². The number of methoxy groups -OCH3 is 1. The Bertz CT molecular complexity index is 672. The number of esters is 2. The van der Waals surface area contributed by atoms with Crippen LogP contribution in [0.3, 0.4) is 0 Å². The van der Waals surface area contributed by atoms with Crippen LogP contribution in [0, 0.1) is 0 Å². The number of ketones is 1.